The van der Waals surface area contributed by atoms with Crippen molar-refractivity contribution in [1.82, 2.24) is 9.55 Å². The minimum absolute atomic E-state index is 0.130. The fraction of sp³-hybridized carbons (Fsp3) is 0.379. The number of amides is 1. The number of anilines is 3. The number of carbonyl (C=O) groups excluding carboxylic acids is 1. The van der Waals surface area contributed by atoms with Crippen LogP contribution in [0.25, 0.3) is 5.70 Å². The monoisotopic (exact) mass is 551 g/mol. The summed E-state index contributed by atoms with van der Waals surface area (Å²) < 4.78 is 11.0. The molecule has 9 nitrogen and oxygen atoms in total. The van der Waals surface area contributed by atoms with E-state index in [-0.39, 0.29) is 11.3 Å². The summed E-state index contributed by atoms with van der Waals surface area (Å²) >= 11 is 1.46. The van der Waals surface area contributed by atoms with E-state index in [1.54, 1.807) is 25.4 Å². The lowest BCUT2D eigenvalue weighted by Gasteiger charge is -2.24. The second kappa shape index (κ2) is 12.5. The van der Waals surface area contributed by atoms with Gasteiger partial charge in [0, 0.05) is 37.2 Å². The van der Waals surface area contributed by atoms with Crippen LogP contribution in [0.4, 0.5) is 17.1 Å². The van der Waals surface area contributed by atoms with E-state index in [9.17, 15) is 4.79 Å². The lowest BCUT2D eigenvalue weighted by molar-refractivity contribution is 0.102. The summed E-state index contributed by atoms with van der Waals surface area (Å²) in [5, 5.41) is 4.47. The number of nitrogens with one attached hydrogen (secondary N) is 2. The van der Waals surface area contributed by atoms with Gasteiger partial charge in [0.15, 0.2) is 5.75 Å². The molecule has 0 radical (unpaired) electrons. The molecule has 0 spiro atoms. The Morgan fingerprint density at radius 1 is 1.21 bits per heavy atom. The summed E-state index contributed by atoms with van der Waals surface area (Å²) in [6, 6.07) is 9.38. The van der Waals surface area contributed by atoms with Crippen molar-refractivity contribution in [2.45, 2.75) is 59.9 Å². The molecule has 10 heteroatoms. The predicted molar refractivity (Wildman–Crippen MR) is 164 cm³/mol. The highest BCUT2D eigenvalue weighted by atomic mass is 32.2. The normalized spacial score (nSPS) is 11.9. The Morgan fingerprint density at radius 3 is 2.46 bits per heavy atom. The zero-order valence-electron chi connectivity index (χ0n) is 24.2. The molecular formula is C29H41N7O2S. The summed E-state index contributed by atoms with van der Waals surface area (Å²) in [5.74, 6) is 7.65. The highest BCUT2D eigenvalue weighted by molar-refractivity contribution is 7.99. The molecule has 0 fully saturated rings. The molecule has 0 atom stereocenters. The number of imidazole rings is 1. The maximum Gasteiger partial charge on any atom is 0.255 e. The van der Waals surface area contributed by atoms with E-state index >= 15 is 0 Å². The first-order valence-electron chi connectivity index (χ1n) is 12.9. The smallest absolute Gasteiger partial charge is 0.255 e. The Hall–Kier alpha value is -3.63. The van der Waals surface area contributed by atoms with Crippen LogP contribution in [0.15, 0.2) is 42.7 Å². The number of rotatable bonds is 10. The van der Waals surface area contributed by atoms with Gasteiger partial charge in [0.2, 0.25) is 0 Å². The van der Waals surface area contributed by atoms with Gasteiger partial charge >= 0.3 is 0 Å². The number of nitrogens with two attached hydrogens (primary N) is 2. The van der Waals surface area contributed by atoms with Crippen LogP contribution in [0.1, 0.15) is 67.6 Å². The van der Waals surface area contributed by atoms with Crippen LogP contribution in [0, 0.1) is 6.92 Å². The lowest BCUT2D eigenvalue weighted by Crippen LogP contribution is -2.27. The van der Waals surface area contributed by atoms with Gasteiger partial charge in [-0.3, -0.25) is 9.80 Å². The molecular weight excluding hydrogens is 510 g/mol. The summed E-state index contributed by atoms with van der Waals surface area (Å²) in [5.41, 5.74) is 11.8. The number of benzene rings is 2. The number of aryl methyl sites for hydroxylation is 3. The van der Waals surface area contributed by atoms with Gasteiger partial charge in [0.05, 0.1) is 29.9 Å². The third-order valence-corrected chi connectivity index (χ3v) is 6.88. The van der Waals surface area contributed by atoms with Crippen LogP contribution in [0.2, 0.25) is 0 Å². The van der Waals surface area contributed by atoms with Crippen molar-refractivity contribution in [3.8, 4) is 5.75 Å². The maximum atomic E-state index is 13.4. The molecule has 0 aliphatic rings. The van der Waals surface area contributed by atoms with Crippen molar-refractivity contribution >= 4 is 40.6 Å². The Labute approximate surface area is 236 Å². The minimum Gasteiger partial charge on any atom is -0.492 e. The fourth-order valence-corrected chi connectivity index (χ4v) is 4.59. The third-order valence-electron chi connectivity index (χ3n) is 6.46. The van der Waals surface area contributed by atoms with Crippen molar-refractivity contribution < 1.29 is 9.53 Å². The third kappa shape index (κ3) is 6.88. The van der Waals surface area contributed by atoms with E-state index in [4.69, 9.17) is 16.3 Å². The highest BCUT2D eigenvalue weighted by Gasteiger charge is 2.21. The molecule has 0 aliphatic carbocycles. The minimum atomic E-state index is -0.282. The number of hydrogen-bond donors (Lipinski definition) is 4. The first kappa shape index (κ1) is 29.9. The van der Waals surface area contributed by atoms with Gasteiger partial charge < -0.3 is 25.1 Å². The van der Waals surface area contributed by atoms with E-state index in [1.807, 2.05) is 37.6 Å². The number of ether oxygens (including phenoxy) is 1. The largest absolute Gasteiger partial charge is 0.492 e. The van der Waals surface area contributed by atoms with E-state index in [2.05, 4.69) is 54.2 Å². The van der Waals surface area contributed by atoms with Gasteiger partial charge in [-0.2, -0.15) is 0 Å². The summed E-state index contributed by atoms with van der Waals surface area (Å²) in [6.07, 6.45) is 6.30. The van der Waals surface area contributed by atoms with Crippen LogP contribution >= 0.6 is 11.9 Å². The Bertz CT molecular complexity index is 1340. The molecule has 3 aromatic rings. The first-order chi connectivity index (χ1) is 18.4. The van der Waals surface area contributed by atoms with Gasteiger partial charge in [0.25, 0.3) is 5.91 Å². The van der Waals surface area contributed by atoms with Gasteiger partial charge in [-0.15, -0.1) is 0 Å². The highest BCUT2D eigenvalue weighted by Crippen LogP contribution is 2.39. The molecule has 0 saturated carbocycles. The number of hydrazine groups is 1. The Morgan fingerprint density at radius 2 is 1.90 bits per heavy atom. The van der Waals surface area contributed by atoms with Crippen LogP contribution in [0.3, 0.4) is 0 Å². The molecule has 0 unspecified atom stereocenters. The van der Waals surface area contributed by atoms with E-state index in [1.165, 1.54) is 17.0 Å². The maximum absolute atomic E-state index is 13.4. The molecule has 1 aromatic heterocycles. The van der Waals surface area contributed by atoms with Gasteiger partial charge in [0.1, 0.15) is 11.5 Å². The van der Waals surface area contributed by atoms with Crippen molar-refractivity contribution in [3.63, 3.8) is 0 Å². The molecule has 39 heavy (non-hydrogen) atoms. The zero-order chi connectivity index (χ0) is 28.9. The second-order valence-corrected chi connectivity index (χ2v) is 10.9. The van der Waals surface area contributed by atoms with Crippen LogP contribution in [-0.4, -0.2) is 28.8 Å². The van der Waals surface area contributed by atoms with Crippen LogP contribution in [-0.2, 0) is 18.4 Å². The van der Waals surface area contributed by atoms with Crippen molar-refractivity contribution in [2.75, 3.05) is 28.4 Å². The molecule has 1 heterocycles. The second-order valence-electron chi connectivity index (χ2n) is 10.3. The van der Waals surface area contributed by atoms with Crippen molar-refractivity contribution in [1.29, 1.82) is 0 Å². The molecule has 0 aliphatic heterocycles. The van der Waals surface area contributed by atoms with Gasteiger partial charge in [-0.1, -0.05) is 45.7 Å². The van der Waals surface area contributed by atoms with Crippen LogP contribution < -0.4 is 31.4 Å². The number of hydrogen-bond acceptors (Lipinski definition) is 8. The standard InChI is InChI=1S/C29H41N7O2S/c1-9-26-32-24(17-35(26)10-2)21(30)16-36(31)25-13-19(12-11-18(25)3)28(37)33-22-14-20(29(4,5)6)15-23(34-39-8)27(22)38-7/h11-17,34H,9-10,30-31H2,1-8H3,(H,33,37)/b21-16-. The molecule has 6 N–H and O–H groups in total. The topological polar surface area (TPSA) is 123 Å². The quantitative estimate of drug-likeness (QED) is 0.145. The Balaban J connectivity index is 1.94. The lowest BCUT2D eigenvalue weighted by atomic mass is 9.86. The van der Waals surface area contributed by atoms with Crippen molar-refractivity contribution in [2.24, 2.45) is 11.6 Å². The summed E-state index contributed by atoms with van der Waals surface area (Å²) in [6.45, 7) is 13.2. The predicted octanol–water partition coefficient (Wildman–Crippen LogP) is 5.66. The number of methoxy groups -OCH3 is 1. The fourth-order valence-electron chi connectivity index (χ4n) is 4.22. The first-order valence-corrected chi connectivity index (χ1v) is 14.2. The number of nitrogens with zero attached hydrogens (tertiary/aromatic N) is 3. The van der Waals surface area contributed by atoms with Gasteiger partial charge in [-0.25, -0.2) is 10.8 Å². The average molecular weight is 552 g/mol. The summed E-state index contributed by atoms with van der Waals surface area (Å²) in [4.78, 5) is 18.1. The molecule has 0 saturated heterocycles. The number of aromatic nitrogens is 2. The molecule has 2 aromatic carbocycles. The van der Waals surface area contributed by atoms with E-state index in [0.717, 1.165) is 35.6 Å². The molecule has 3 rings (SSSR count). The molecule has 0 bridgehead atoms. The van der Waals surface area contributed by atoms with Gasteiger partial charge in [-0.05, 0) is 54.7 Å². The SMILES string of the molecule is CCc1nc(/C(N)=C/N(N)c2cc(C(=O)Nc3cc(C(C)(C)C)cc(NSC)c3OC)ccc2C)cn1CC. The Kier molecular flexibility index (Phi) is 9.58. The number of carbonyl (C=O) groups is 1. The zero-order valence-corrected chi connectivity index (χ0v) is 25.0. The van der Waals surface area contributed by atoms with Crippen molar-refractivity contribution in [3.05, 3.63) is 70.9 Å². The molecule has 1 amide bonds. The average Bonchev–Trinajstić information content (AvgIpc) is 3.32. The van der Waals surface area contributed by atoms with E-state index < -0.39 is 0 Å². The van der Waals surface area contributed by atoms with E-state index in [0.29, 0.717) is 34.1 Å². The molecule has 210 valence electrons. The van der Waals surface area contributed by atoms with Crippen LogP contribution in [0.5, 0.6) is 5.75 Å². The summed E-state index contributed by atoms with van der Waals surface area (Å²) in [7, 11) is 1.59.